The van der Waals surface area contributed by atoms with Crippen molar-refractivity contribution in [3.05, 3.63) is 34.0 Å². The number of aromatic nitrogens is 1. The lowest BCUT2D eigenvalue weighted by Gasteiger charge is -1.89. The van der Waals surface area contributed by atoms with Crippen molar-refractivity contribution in [2.75, 3.05) is 0 Å². The minimum Gasteiger partial charge on any atom is -0.333 e. The highest BCUT2D eigenvalue weighted by molar-refractivity contribution is 4.99. The predicted octanol–water partition coefficient (Wildman–Crippen LogP) is 0.792. The van der Waals surface area contributed by atoms with Gasteiger partial charge in [0, 0.05) is 6.20 Å². The van der Waals surface area contributed by atoms with Gasteiger partial charge in [-0.15, -0.1) is 0 Å². The van der Waals surface area contributed by atoms with E-state index >= 15 is 0 Å². The highest BCUT2D eigenvalue weighted by Gasteiger charge is 2.09. The average Bonchev–Trinajstić information content (AvgIpc) is 1.93. The zero-order chi connectivity index (χ0) is 7.72. The predicted molar refractivity (Wildman–Crippen MR) is 26.9 cm³/mol. The number of halogens is 3. The quantitative estimate of drug-likeness (QED) is 0.543. The van der Waals surface area contributed by atoms with Gasteiger partial charge in [-0.1, -0.05) is 0 Å². The smallest absolute Gasteiger partial charge is 0.255 e. The first-order chi connectivity index (χ1) is 4.63. The molecular weight excluding hydrogens is 147 g/mol. The van der Waals surface area contributed by atoms with Gasteiger partial charge < -0.3 is 4.98 Å². The summed E-state index contributed by atoms with van der Waals surface area (Å²) < 4.78 is 36.0. The Morgan fingerprint density at radius 1 is 1.30 bits per heavy atom. The number of pyridine rings is 1. The van der Waals surface area contributed by atoms with Crippen molar-refractivity contribution in [1.82, 2.24) is 4.98 Å². The second kappa shape index (κ2) is 2.17. The van der Waals surface area contributed by atoms with Gasteiger partial charge in [0.15, 0.2) is 5.82 Å². The Morgan fingerprint density at radius 3 is 2.40 bits per heavy atom. The summed E-state index contributed by atoms with van der Waals surface area (Å²) in [5, 5.41) is 0. The lowest BCUT2D eigenvalue weighted by Crippen LogP contribution is -2.14. The fraction of sp³-hybridized carbons (Fsp3) is 0. The van der Waals surface area contributed by atoms with Crippen LogP contribution in [0.1, 0.15) is 0 Å². The molecule has 5 heteroatoms. The summed E-state index contributed by atoms with van der Waals surface area (Å²) in [7, 11) is 0. The lowest BCUT2D eigenvalue weighted by molar-refractivity contribution is 0.454. The van der Waals surface area contributed by atoms with Crippen LogP contribution in [0.15, 0.2) is 11.0 Å². The topological polar surface area (TPSA) is 32.9 Å². The van der Waals surface area contributed by atoms with Crippen molar-refractivity contribution >= 4 is 0 Å². The van der Waals surface area contributed by atoms with E-state index in [2.05, 4.69) is 0 Å². The number of hydrogen-bond acceptors (Lipinski definition) is 1. The van der Waals surface area contributed by atoms with E-state index in [-0.39, 0.29) is 0 Å². The molecule has 54 valence electrons. The minimum atomic E-state index is -1.72. The third-order valence-electron chi connectivity index (χ3n) is 0.935. The van der Waals surface area contributed by atoms with Gasteiger partial charge in [-0.05, 0) is 0 Å². The molecule has 1 heterocycles. The summed E-state index contributed by atoms with van der Waals surface area (Å²) in [5.41, 5.74) is -1.56. The fourth-order valence-corrected chi connectivity index (χ4v) is 0.460. The maximum absolute atomic E-state index is 12.0. The number of aromatic amines is 1. The minimum absolute atomic E-state index is 0.459. The zero-order valence-electron chi connectivity index (χ0n) is 4.62. The molecule has 0 spiro atoms. The molecular formula is C5H2F3NO. The highest BCUT2D eigenvalue weighted by Crippen LogP contribution is 1.95. The van der Waals surface area contributed by atoms with Crippen LogP contribution in [0.2, 0.25) is 0 Å². The summed E-state index contributed by atoms with van der Waals surface area (Å²) in [5.74, 6) is -4.51. The molecule has 0 radical (unpaired) electrons. The first kappa shape index (κ1) is 6.85. The van der Waals surface area contributed by atoms with Gasteiger partial charge >= 0.3 is 0 Å². The van der Waals surface area contributed by atoms with Crippen LogP contribution in [0.3, 0.4) is 0 Å². The van der Waals surface area contributed by atoms with E-state index in [0.717, 1.165) is 0 Å². The van der Waals surface area contributed by atoms with Crippen LogP contribution in [0.25, 0.3) is 0 Å². The molecule has 1 aromatic heterocycles. The van der Waals surface area contributed by atoms with Gasteiger partial charge in [-0.25, -0.2) is 4.39 Å². The molecule has 1 rings (SSSR count). The molecule has 0 amide bonds. The molecule has 1 aromatic rings. The van der Waals surface area contributed by atoms with Crippen LogP contribution in [-0.2, 0) is 0 Å². The van der Waals surface area contributed by atoms with Crippen LogP contribution in [0, 0.1) is 17.6 Å². The molecule has 1 N–H and O–H groups in total. The molecule has 0 atom stereocenters. The van der Waals surface area contributed by atoms with Gasteiger partial charge in [0.05, 0.1) is 0 Å². The molecule has 0 aliphatic rings. The van der Waals surface area contributed by atoms with Gasteiger partial charge in [-0.3, -0.25) is 4.79 Å². The summed E-state index contributed by atoms with van der Waals surface area (Å²) in [6, 6.07) is 0. The zero-order valence-corrected chi connectivity index (χ0v) is 4.62. The molecule has 0 aliphatic carbocycles. The molecule has 0 saturated carbocycles. The van der Waals surface area contributed by atoms with E-state index < -0.39 is 23.0 Å². The number of H-pyrrole nitrogens is 1. The molecule has 0 unspecified atom stereocenters. The molecule has 0 aromatic carbocycles. The maximum Gasteiger partial charge on any atom is 0.255 e. The van der Waals surface area contributed by atoms with Gasteiger partial charge in [-0.2, -0.15) is 8.78 Å². The molecule has 10 heavy (non-hydrogen) atoms. The van der Waals surface area contributed by atoms with Crippen molar-refractivity contribution in [2.45, 2.75) is 0 Å². The van der Waals surface area contributed by atoms with Gasteiger partial charge in [0.2, 0.25) is 11.8 Å². The Bertz CT molecular complexity index is 306. The summed E-state index contributed by atoms with van der Waals surface area (Å²) in [4.78, 5) is 11.8. The second-order valence-corrected chi connectivity index (χ2v) is 1.59. The van der Waals surface area contributed by atoms with Crippen LogP contribution in [0.5, 0.6) is 0 Å². The third-order valence-corrected chi connectivity index (χ3v) is 0.935. The normalized spacial score (nSPS) is 9.90. The van der Waals surface area contributed by atoms with Crippen LogP contribution in [0.4, 0.5) is 13.2 Å². The fourth-order valence-electron chi connectivity index (χ4n) is 0.460. The van der Waals surface area contributed by atoms with E-state index in [1.165, 1.54) is 0 Å². The van der Waals surface area contributed by atoms with Crippen molar-refractivity contribution < 1.29 is 13.2 Å². The Balaban J connectivity index is 3.50. The van der Waals surface area contributed by atoms with E-state index in [0.29, 0.717) is 6.20 Å². The van der Waals surface area contributed by atoms with Crippen molar-refractivity contribution in [3.63, 3.8) is 0 Å². The summed E-state index contributed by atoms with van der Waals surface area (Å²) in [6.07, 6.45) is 0.459. The number of nitrogens with one attached hydrogen (secondary N) is 1. The molecule has 0 fully saturated rings. The highest BCUT2D eigenvalue weighted by atomic mass is 19.2. The van der Waals surface area contributed by atoms with Crippen LogP contribution < -0.4 is 5.43 Å². The summed E-state index contributed by atoms with van der Waals surface area (Å²) in [6.45, 7) is 0. The molecule has 0 bridgehead atoms. The number of hydrogen-bond donors (Lipinski definition) is 1. The Labute approximate surface area is 53.3 Å². The van der Waals surface area contributed by atoms with Crippen LogP contribution in [-0.4, -0.2) is 4.98 Å². The van der Waals surface area contributed by atoms with Crippen molar-refractivity contribution in [1.29, 1.82) is 0 Å². The lowest BCUT2D eigenvalue weighted by atomic mass is 10.4. The summed E-state index contributed by atoms with van der Waals surface area (Å²) >= 11 is 0. The molecule has 2 nitrogen and oxygen atoms in total. The second-order valence-electron chi connectivity index (χ2n) is 1.59. The maximum atomic E-state index is 12.0. The largest absolute Gasteiger partial charge is 0.333 e. The SMILES string of the molecule is O=c1c(F)c[nH]c(F)c1F. The van der Waals surface area contributed by atoms with Gasteiger partial charge in [0.25, 0.3) is 5.43 Å². The Hall–Kier alpha value is -1.26. The first-order valence-corrected chi connectivity index (χ1v) is 2.35. The Morgan fingerprint density at radius 2 is 1.90 bits per heavy atom. The van der Waals surface area contributed by atoms with Crippen molar-refractivity contribution in [2.24, 2.45) is 0 Å². The van der Waals surface area contributed by atoms with Gasteiger partial charge in [0.1, 0.15) is 0 Å². The van der Waals surface area contributed by atoms with E-state index in [1.807, 2.05) is 0 Å². The molecule has 0 saturated heterocycles. The van der Waals surface area contributed by atoms with E-state index in [9.17, 15) is 18.0 Å². The number of rotatable bonds is 0. The Kier molecular flexibility index (Phi) is 1.48. The monoisotopic (exact) mass is 149 g/mol. The first-order valence-electron chi connectivity index (χ1n) is 2.35. The van der Waals surface area contributed by atoms with Crippen molar-refractivity contribution in [3.8, 4) is 0 Å². The standard InChI is InChI=1S/C5H2F3NO/c6-2-1-9-5(8)3(7)4(2)10/h1H,(H,9,10). The van der Waals surface area contributed by atoms with E-state index in [4.69, 9.17) is 0 Å². The average molecular weight is 149 g/mol. The molecule has 0 aliphatic heterocycles. The van der Waals surface area contributed by atoms with E-state index in [1.54, 1.807) is 4.98 Å². The van der Waals surface area contributed by atoms with Crippen LogP contribution >= 0.6 is 0 Å². The third kappa shape index (κ3) is 0.896.